The van der Waals surface area contributed by atoms with Crippen molar-refractivity contribution in [3.63, 3.8) is 0 Å². The number of anilines is 1. The van der Waals surface area contributed by atoms with Crippen LogP contribution in [0.15, 0.2) is 24.2 Å². The largest absolute Gasteiger partial charge is 0.494 e. The number of carbonyl (C=O) groups is 1. The van der Waals surface area contributed by atoms with E-state index in [0.717, 1.165) is 30.5 Å². The molecule has 0 N–H and O–H groups in total. The Bertz CT molecular complexity index is 858. The van der Waals surface area contributed by atoms with Crippen LogP contribution in [0.2, 0.25) is 0 Å². The topological polar surface area (TPSA) is 54.9 Å². The van der Waals surface area contributed by atoms with Crippen molar-refractivity contribution in [1.82, 2.24) is 9.88 Å². The van der Waals surface area contributed by atoms with Gasteiger partial charge < -0.3 is 14.4 Å². The van der Waals surface area contributed by atoms with Crippen molar-refractivity contribution in [1.29, 1.82) is 0 Å². The van der Waals surface area contributed by atoms with Gasteiger partial charge in [0.25, 0.3) is 5.91 Å². The van der Waals surface area contributed by atoms with E-state index < -0.39 is 17.5 Å². The molecule has 1 aliphatic heterocycles. The first-order valence-corrected chi connectivity index (χ1v) is 9.59. The summed E-state index contributed by atoms with van der Waals surface area (Å²) in [5.41, 5.74) is 0.0480. The van der Waals surface area contributed by atoms with Crippen molar-refractivity contribution >= 4 is 45.0 Å². The van der Waals surface area contributed by atoms with Crippen molar-refractivity contribution in [2.45, 2.75) is 13.8 Å². The molecule has 0 spiro atoms. The molecule has 1 aromatic carbocycles. The lowest BCUT2D eigenvalue weighted by atomic mass is 10.3. The SMILES string of the molecule is CCN(CC)CCN(C(=O)C1=COCCO1)c1nc2c(F)cc(F)cc2s1.Cl. The Labute approximate surface area is 172 Å². The maximum atomic E-state index is 14.0. The molecule has 0 fully saturated rings. The Balaban J connectivity index is 0.00000280. The summed E-state index contributed by atoms with van der Waals surface area (Å²) in [5.74, 6) is -1.77. The number of rotatable bonds is 7. The lowest BCUT2D eigenvalue weighted by Crippen LogP contribution is -2.40. The predicted octanol–water partition coefficient (Wildman–Crippen LogP) is 3.56. The van der Waals surface area contributed by atoms with Gasteiger partial charge in [0, 0.05) is 19.2 Å². The van der Waals surface area contributed by atoms with Gasteiger partial charge in [-0.1, -0.05) is 25.2 Å². The minimum atomic E-state index is -0.750. The van der Waals surface area contributed by atoms with Crippen molar-refractivity contribution in [3.05, 3.63) is 35.8 Å². The summed E-state index contributed by atoms with van der Waals surface area (Å²) < 4.78 is 38.5. The minimum absolute atomic E-state index is 0. The third-order valence-corrected chi connectivity index (χ3v) is 5.30. The summed E-state index contributed by atoms with van der Waals surface area (Å²) in [6.07, 6.45) is 1.28. The average molecular weight is 434 g/mol. The number of amides is 1. The molecule has 1 aliphatic rings. The van der Waals surface area contributed by atoms with E-state index in [1.54, 1.807) is 0 Å². The van der Waals surface area contributed by atoms with Crippen LogP contribution >= 0.6 is 23.7 Å². The number of hydrogen-bond acceptors (Lipinski definition) is 6. The van der Waals surface area contributed by atoms with Gasteiger partial charge in [-0.25, -0.2) is 13.8 Å². The highest BCUT2D eigenvalue weighted by Gasteiger charge is 2.27. The zero-order valence-electron chi connectivity index (χ0n) is 15.6. The second-order valence-corrected chi connectivity index (χ2v) is 6.92. The molecule has 2 heterocycles. The zero-order valence-corrected chi connectivity index (χ0v) is 17.2. The number of benzene rings is 1. The van der Waals surface area contributed by atoms with Crippen molar-refractivity contribution in [3.8, 4) is 0 Å². The second kappa shape index (κ2) is 9.99. The summed E-state index contributed by atoms with van der Waals surface area (Å²) in [4.78, 5) is 20.8. The lowest BCUT2D eigenvalue weighted by molar-refractivity contribution is -0.119. The molecule has 1 amide bonds. The molecule has 2 aromatic rings. The van der Waals surface area contributed by atoms with Gasteiger partial charge in [-0.05, 0) is 19.2 Å². The van der Waals surface area contributed by atoms with Crippen LogP contribution in [0.4, 0.5) is 13.9 Å². The average Bonchev–Trinajstić information content (AvgIpc) is 3.09. The van der Waals surface area contributed by atoms with Crippen LogP contribution in [0.5, 0.6) is 0 Å². The molecular weight excluding hydrogens is 412 g/mol. The van der Waals surface area contributed by atoms with Gasteiger partial charge >= 0.3 is 0 Å². The number of halogens is 3. The molecule has 28 heavy (non-hydrogen) atoms. The van der Waals surface area contributed by atoms with Gasteiger partial charge in [-0.15, -0.1) is 12.4 Å². The number of aromatic nitrogens is 1. The van der Waals surface area contributed by atoms with Gasteiger partial charge in [-0.3, -0.25) is 9.69 Å². The Morgan fingerprint density at radius 3 is 2.61 bits per heavy atom. The van der Waals surface area contributed by atoms with E-state index >= 15 is 0 Å². The molecule has 0 aliphatic carbocycles. The van der Waals surface area contributed by atoms with Crippen molar-refractivity contribution < 1.29 is 23.0 Å². The van der Waals surface area contributed by atoms with Gasteiger partial charge in [0.05, 0.1) is 4.70 Å². The fraction of sp³-hybridized carbons (Fsp3) is 0.444. The zero-order chi connectivity index (χ0) is 19.4. The van der Waals surface area contributed by atoms with Gasteiger partial charge in [-0.2, -0.15) is 0 Å². The van der Waals surface area contributed by atoms with E-state index in [9.17, 15) is 13.6 Å². The molecule has 0 saturated carbocycles. The van der Waals surface area contributed by atoms with Gasteiger partial charge in [0.15, 0.2) is 10.9 Å². The molecule has 0 atom stereocenters. The molecule has 0 radical (unpaired) electrons. The molecule has 0 unspecified atom stereocenters. The van der Waals surface area contributed by atoms with E-state index in [2.05, 4.69) is 9.88 Å². The first kappa shape index (κ1) is 22.3. The Kier molecular flexibility index (Phi) is 7.97. The number of likely N-dealkylation sites (N-methyl/N-ethyl adjacent to an activating group) is 1. The fourth-order valence-corrected chi connectivity index (χ4v) is 3.77. The molecule has 0 bridgehead atoms. The highest BCUT2D eigenvalue weighted by molar-refractivity contribution is 7.22. The van der Waals surface area contributed by atoms with E-state index in [-0.39, 0.29) is 30.3 Å². The monoisotopic (exact) mass is 433 g/mol. The quantitative estimate of drug-likeness (QED) is 0.668. The second-order valence-electron chi connectivity index (χ2n) is 5.92. The van der Waals surface area contributed by atoms with Crippen molar-refractivity contribution in [2.24, 2.45) is 0 Å². The van der Waals surface area contributed by atoms with E-state index in [1.807, 2.05) is 13.8 Å². The van der Waals surface area contributed by atoms with Crippen LogP contribution < -0.4 is 4.90 Å². The molecular formula is C18H22ClF2N3O3S. The smallest absolute Gasteiger partial charge is 0.298 e. The molecule has 1 aromatic heterocycles. The van der Waals surface area contributed by atoms with Crippen LogP contribution in [0, 0.1) is 11.6 Å². The summed E-state index contributed by atoms with van der Waals surface area (Å²) in [5, 5.41) is 0.293. The van der Waals surface area contributed by atoms with E-state index in [0.29, 0.717) is 29.5 Å². The minimum Gasteiger partial charge on any atom is -0.494 e. The third-order valence-electron chi connectivity index (χ3n) is 4.27. The highest BCUT2D eigenvalue weighted by Crippen LogP contribution is 2.32. The predicted molar refractivity (Wildman–Crippen MR) is 107 cm³/mol. The standard InChI is InChI=1S/C18H21F2N3O3S.ClH/c1-3-22(4-2)5-6-23(17(24)14-11-25-7-8-26-14)18-21-16-13(20)9-12(19)10-15(16)27-18;/h9-11H,3-8H2,1-2H3;1H. The normalized spacial score (nSPS) is 13.5. The van der Waals surface area contributed by atoms with Crippen LogP contribution in [0.25, 0.3) is 10.2 Å². The molecule has 10 heteroatoms. The summed E-state index contributed by atoms with van der Waals surface area (Å²) >= 11 is 1.06. The van der Waals surface area contributed by atoms with Crippen LogP contribution in [0.1, 0.15) is 13.8 Å². The Hall–Kier alpha value is -1.97. The number of ether oxygens (including phenoxy) is 2. The Morgan fingerprint density at radius 1 is 1.21 bits per heavy atom. The molecule has 3 rings (SSSR count). The van der Waals surface area contributed by atoms with Crippen LogP contribution in [0.3, 0.4) is 0 Å². The van der Waals surface area contributed by atoms with Crippen molar-refractivity contribution in [2.75, 3.05) is 44.3 Å². The number of nitrogens with zero attached hydrogens (tertiary/aromatic N) is 3. The fourth-order valence-electron chi connectivity index (χ4n) is 2.74. The lowest BCUT2D eigenvalue weighted by Gasteiger charge is -2.26. The third kappa shape index (κ3) is 4.89. The summed E-state index contributed by atoms with van der Waals surface area (Å²) in [7, 11) is 0. The first-order chi connectivity index (χ1) is 13.0. The Morgan fingerprint density at radius 2 is 1.96 bits per heavy atom. The molecule has 6 nitrogen and oxygen atoms in total. The summed E-state index contributed by atoms with van der Waals surface area (Å²) in [6.45, 7) is 7.34. The van der Waals surface area contributed by atoms with Gasteiger partial charge in [0.1, 0.15) is 30.8 Å². The summed E-state index contributed by atoms with van der Waals surface area (Å²) in [6, 6.07) is 2.00. The molecule has 154 valence electrons. The number of fused-ring (bicyclic) bond motifs is 1. The number of carbonyl (C=O) groups excluding carboxylic acids is 1. The highest BCUT2D eigenvalue weighted by atomic mass is 35.5. The van der Waals surface area contributed by atoms with E-state index in [4.69, 9.17) is 9.47 Å². The number of thiazole rings is 1. The first-order valence-electron chi connectivity index (χ1n) is 8.77. The molecule has 0 saturated heterocycles. The van der Waals surface area contributed by atoms with Crippen LogP contribution in [-0.2, 0) is 14.3 Å². The number of hydrogen-bond donors (Lipinski definition) is 0. The maximum Gasteiger partial charge on any atom is 0.298 e. The van der Waals surface area contributed by atoms with E-state index in [1.165, 1.54) is 17.2 Å². The van der Waals surface area contributed by atoms with Gasteiger partial charge in [0.2, 0.25) is 5.76 Å². The van der Waals surface area contributed by atoms with Crippen LogP contribution in [-0.4, -0.2) is 55.2 Å². The maximum absolute atomic E-state index is 14.0.